The Hall–Kier alpha value is -1.82. The summed E-state index contributed by atoms with van der Waals surface area (Å²) in [5.41, 5.74) is 5.52. The second-order valence-electron chi connectivity index (χ2n) is 3.52. The normalized spacial score (nSPS) is 22.1. The summed E-state index contributed by atoms with van der Waals surface area (Å²) < 4.78 is 5.40. The summed E-state index contributed by atoms with van der Waals surface area (Å²) in [6.45, 7) is 1.84. The summed E-state index contributed by atoms with van der Waals surface area (Å²) in [7, 11) is 0. The third kappa shape index (κ3) is 2.22. The Balaban J connectivity index is 2.08. The molecule has 3 N–H and O–H groups in total. The molecule has 1 unspecified atom stereocenters. The average Bonchev–Trinajstić information content (AvgIpc) is 2.39. The van der Waals surface area contributed by atoms with E-state index in [0.29, 0.717) is 13.2 Å². The van der Waals surface area contributed by atoms with E-state index in [0.717, 1.165) is 12.4 Å². The molecule has 1 saturated heterocycles. The number of rotatable bonds is 2. The monoisotopic (exact) mass is 222 g/mol. The quantitative estimate of drug-likeness (QED) is 0.319. The van der Waals surface area contributed by atoms with Crippen LogP contribution in [0.3, 0.4) is 0 Å². The number of hydrogen-bond donors (Lipinski definition) is 2. The number of nitrogens with zero attached hydrogens (tertiary/aromatic N) is 3. The van der Waals surface area contributed by atoms with Crippen molar-refractivity contribution in [3.8, 4) is 0 Å². The van der Waals surface area contributed by atoms with Crippen LogP contribution >= 0.6 is 0 Å². The Kier molecular flexibility index (Phi) is 3.21. The second-order valence-corrected chi connectivity index (χ2v) is 3.52. The van der Waals surface area contributed by atoms with Crippen LogP contribution in [0.5, 0.6) is 0 Å². The van der Waals surface area contributed by atoms with E-state index in [1.165, 1.54) is 0 Å². The lowest BCUT2D eigenvalue weighted by atomic mass is 10.2. The van der Waals surface area contributed by atoms with Crippen molar-refractivity contribution in [2.24, 2.45) is 10.9 Å². The zero-order chi connectivity index (χ0) is 11.4. The number of amidine groups is 1. The molecule has 1 atom stereocenters. The topological polar surface area (TPSA) is 84.0 Å². The van der Waals surface area contributed by atoms with Gasteiger partial charge < -0.3 is 20.6 Å². The molecular formula is C10H14N4O2. The number of ether oxygens (including phenoxy) is 1. The molecule has 16 heavy (non-hydrogen) atoms. The molecule has 0 saturated carbocycles. The number of anilines is 1. The molecule has 0 radical (unpaired) electrons. The van der Waals surface area contributed by atoms with Gasteiger partial charge in [-0.2, -0.15) is 0 Å². The van der Waals surface area contributed by atoms with Crippen LogP contribution in [0.4, 0.5) is 5.82 Å². The molecule has 1 aromatic rings. The maximum absolute atomic E-state index is 8.59. The van der Waals surface area contributed by atoms with Gasteiger partial charge in [0.2, 0.25) is 0 Å². The standard InChI is InChI=1S/C10H14N4O2/c11-10(13-15)8-7-14(5-6-16-8)9-3-1-2-4-12-9/h1-4,8,15H,5-7H2,(H2,11,13). The number of hydrogen-bond acceptors (Lipinski definition) is 5. The molecule has 2 rings (SSSR count). The Morgan fingerprint density at radius 2 is 2.50 bits per heavy atom. The zero-order valence-electron chi connectivity index (χ0n) is 8.78. The van der Waals surface area contributed by atoms with Gasteiger partial charge in [0, 0.05) is 12.7 Å². The summed E-state index contributed by atoms with van der Waals surface area (Å²) in [5, 5.41) is 11.6. The van der Waals surface area contributed by atoms with Gasteiger partial charge in [-0.15, -0.1) is 0 Å². The molecule has 0 spiro atoms. The summed E-state index contributed by atoms with van der Waals surface area (Å²) in [4.78, 5) is 6.30. The van der Waals surface area contributed by atoms with Gasteiger partial charge in [0.15, 0.2) is 5.84 Å². The Labute approximate surface area is 93.3 Å². The summed E-state index contributed by atoms with van der Waals surface area (Å²) in [5.74, 6) is 0.974. The second kappa shape index (κ2) is 4.80. The Bertz CT molecular complexity index is 368. The van der Waals surface area contributed by atoms with Crippen LogP contribution in [0, 0.1) is 0 Å². The minimum absolute atomic E-state index is 0.0978. The molecule has 0 aliphatic carbocycles. The third-order valence-electron chi connectivity index (χ3n) is 2.49. The molecule has 0 aromatic carbocycles. The van der Waals surface area contributed by atoms with Crippen molar-refractivity contribution in [3.63, 3.8) is 0 Å². The van der Waals surface area contributed by atoms with Gasteiger partial charge >= 0.3 is 0 Å². The molecule has 1 aliphatic heterocycles. The summed E-state index contributed by atoms with van der Waals surface area (Å²) in [6.07, 6.45) is 1.37. The maximum Gasteiger partial charge on any atom is 0.170 e. The van der Waals surface area contributed by atoms with Crippen molar-refractivity contribution in [2.45, 2.75) is 6.10 Å². The first kappa shape index (κ1) is 10.7. The highest BCUT2D eigenvalue weighted by atomic mass is 16.5. The Morgan fingerprint density at radius 1 is 1.62 bits per heavy atom. The first-order valence-corrected chi connectivity index (χ1v) is 5.06. The molecule has 1 aromatic heterocycles. The Morgan fingerprint density at radius 3 is 3.19 bits per heavy atom. The van der Waals surface area contributed by atoms with Crippen molar-refractivity contribution in [2.75, 3.05) is 24.6 Å². The van der Waals surface area contributed by atoms with Gasteiger partial charge in [-0.05, 0) is 12.1 Å². The van der Waals surface area contributed by atoms with Gasteiger partial charge in [0.25, 0.3) is 0 Å². The molecule has 0 bridgehead atoms. The predicted octanol–water partition coefficient (Wildman–Crippen LogP) is 0.0332. The van der Waals surface area contributed by atoms with E-state index < -0.39 is 0 Å². The van der Waals surface area contributed by atoms with Crippen LogP contribution < -0.4 is 10.6 Å². The molecular weight excluding hydrogens is 208 g/mol. The van der Waals surface area contributed by atoms with Crippen molar-refractivity contribution in [3.05, 3.63) is 24.4 Å². The van der Waals surface area contributed by atoms with Crippen LogP contribution in [0.1, 0.15) is 0 Å². The van der Waals surface area contributed by atoms with E-state index in [-0.39, 0.29) is 11.9 Å². The fraction of sp³-hybridized carbons (Fsp3) is 0.400. The van der Waals surface area contributed by atoms with E-state index in [4.69, 9.17) is 15.7 Å². The minimum atomic E-state index is -0.374. The van der Waals surface area contributed by atoms with E-state index in [9.17, 15) is 0 Å². The van der Waals surface area contributed by atoms with E-state index in [1.807, 2.05) is 23.1 Å². The van der Waals surface area contributed by atoms with E-state index in [1.54, 1.807) is 6.20 Å². The van der Waals surface area contributed by atoms with Gasteiger partial charge in [-0.1, -0.05) is 11.2 Å². The zero-order valence-corrected chi connectivity index (χ0v) is 8.78. The smallest absolute Gasteiger partial charge is 0.170 e. The lowest BCUT2D eigenvalue weighted by Crippen LogP contribution is -2.48. The number of pyridine rings is 1. The van der Waals surface area contributed by atoms with Crippen LogP contribution in [0.15, 0.2) is 29.6 Å². The highest BCUT2D eigenvalue weighted by Crippen LogP contribution is 2.14. The lowest BCUT2D eigenvalue weighted by Gasteiger charge is -2.32. The molecule has 6 nitrogen and oxygen atoms in total. The van der Waals surface area contributed by atoms with Crippen LogP contribution in [0.25, 0.3) is 0 Å². The highest BCUT2D eigenvalue weighted by Gasteiger charge is 2.24. The molecule has 6 heteroatoms. The van der Waals surface area contributed by atoms with Crippen LogP contribution in [-0.2, 0) is 4.74 Å². The average molecular weight is 222 g/mol. The SMILES string of the molecule is NC(=NO)C1CN(c2ccccn2)CCO1. The molecule has 0 amide bonds. The first-order chi connectivity index (χ1) is 7.81. The molecule has 2 heterocycles. The minimum Gasteiger partial charge on any atom is -0.409 e. The lowest BCUT2D eigenvalue weighted by molar-refractivity contribution is 0.0804. The molecule has 86 valence electrons. The molecule has 1 aliphatic rings. The number of aromatic nitrogens is 1. The van der Waals surface area contributed by atoms with Crippen molar-refractivity contribution in [1.29, 1.82) is 0 Å². The van der Waals surface area contributed by atoms with Crippen molar-refractivity contribution < 1.29 is 9.94 Å². The summed E-state index contributed by atoms with van der Waals surface area (Å²) >= 11 is 0. The maximum atomic E-state index is 8.59. The van der Waals surface area contributed by atoms with Gasteiger partial charge in [-0.25, -0.2) is 4.98 Å². The number of morpholine rings is 1. The third-order valence-corrected chi connectivity index (χ3v) is 2.49. The fourth-order valence-corrected chi connectivity index (χ4v) is 1.64. The van der Waals surface area contributed by atoms with E-state index in [2.05, 4.69) is 10.1 Å². The fourth-order valence-electron chi connectivity index (χ4n) is 1.64. The van der Waals surface area contributed by atoms with Crippen LogP contribution in [0.2, 0.25) is 0 Å². The van der Waals surface area contributed by atoms with Gasteiger partial charge in [0.1, 0.15) is 11.9 Å². The molecule has 1 fully saturated rings. The van der Waals surface area contributed by atoms with Crippen molar-refractivity contribution >= 4 is 11.7 Å². The number of nitrogens with two attached hydrogens (primary N) is 1. The van der Waals surface area contributed by atoms with Crippen molar-refractivity contribution in [1.82, 2.24) is 4.98 Å². The number of oxime groups is 1. The largest absolute Gasteiger partial charge is 0.409 e. The highest BCUT2D eigenvalue weighted by molar-refractivity contribution is 5.85. The van der Waals surface area contributed by atoms with Crippen LogP contribution in [-0.4, -0.2) is 41.8 Å². The first-order valence-electron chi connectivity index (χ1n) is 5.06. The summed E-state index contributed by atoms with van der Waals surface area (Å²) in [6, 6.07) is 5.72. The van der Waals surface area contributed by atoms with Gasteiger partial charge in [-0.3, -0.25) is 0 Å². The predicted molar refractivity (Wildman–Crippen MR) is 59.6 cm³/mol. The van der Waals surface area contributed by atoms with E-state index >= 15 is 0 Å². The van der Waals surface area contributed by atoms with Gasteiger partial charge in [0.05, 0.1) is 13.2 Å².